The molecule has 0 amide bonds. The third-order valence-corrected chi connectivity index (χ3v) is 12.0. The molecule has 0 saturated carbocycles. The summed E-state index contributed by atoms with van der Waals surface area (Å²) >= 11 is 3.53. The smallest absolute Gasteiger partial charge is 0.165 e. The zero-order valence-electron chi connectivity index (χ0n) is 40.2. The molecule has 7 nitrogen and oxygen atoms in total. The van der Waals surface area contributed by atoms with Crippen molar-refractivity contribution in [3.8, 4) is 16.8 Å². The van der Waals surface area contributed by atoms with Crippen molar-refractivity contribution in [3.63, 3.8) is 0 Å². The Morgan fingerprint density at radius 3 is 1.92 bits per heavy atom. The van der Waals surface area contributed by atoms with E-state index in [0.717, 1.165) is 89.5 Å². The standard InChI is InChI=1S/C47H39N5.C15H14N2.CH4S/c1-4-15-36(16-5-2)47-49-52(40-21-10-7-11-22-40)46-41(33(3)50(47)38-19-8-6-9-20-38)29-30-43-42-23-12-13-24-44(42)51(45(43)46)39-27-25-35(26-28-39)37-18-14-17-34(31-37)32-48;1-16-15(14-10-6-3-7-11-14)17-12-13-8-4-2-5-9-13;1-2/h4-31H,1,3,32,48H2,2H3;2-11H,1,12H2;2H,1H3/b16-5-,36-15+;;. The van der Waals surface area contributed by atoms with Crippen molar-refractivity contribution >= 4 is 75.6 Å². The zero-order chi connectivity index (χ0) is 49.5. The topological polar surface area (TPSA) is 74.5 Å². The SMILES string of the molecule is C=C/C=C(\C=C/C)C1=NN(c2ccccc2)c2c(ccc3c4ccccc4n(-c4ccc(-c5cccc(CN)c5)cc4)c23)C(=C)N1c1ccccc1.C=NC(=NCc1ccccc1)c1ccccc1.CS. The van der Waals surface area contributed by atoms with E-state index < -0.39 is 0 Å². The predicted octanol–water partition coefficient (Wildman–Crippen LogP) is 15.4. The lowest BCUT2D eigenvalue weighted by Crippen LogP contribution is -2.30. The lowest BCUT2D eigenvalue weighted by atomic mass is 10.0. The first-order valence-electron chi connectivity index (χ1n) is 23.5. The molecular formula is C63H57N7S. The first kappa shape index (κ1) is 48.9. The number of aromatic nitrogens is 1. The van der Waals surface area contributed by atoms with Crippen LogP contribution in [-0.2, 0) is 13.1 Å². The van der Waals surface area contributed by atoms with Crippen LogP contribution in [0.1, 0.15) is 29.2 Å². The molecule has 2 heterocycles. The van der Waals surface area contributed by atoms with Crippen LogP contribution in [0.15, 0.2) is 264 Å². The Bertz CT molecular complexity index is 3390. The minimum Gasteiger partial charge on any atom is -0.326 e. The number of thiol groups is 1. The van der Waals surface area contributed by atoms with Crippen LogP contribution in [0.2, 0.25) is 0 Å². The largest absolute Gasteiger partial charge is 0.326 e. The molecule has 10 rings (SSSR count). The lowest BCUT2D eigenvalue weighted by Gasteiger charge is -2.27. The molecule has 0 atom stereocenters. The van der Waals surface area contributed by atoms with Crippen LogP contribution in [0.5, 0.6) is 0 Å². The summed E-state index contributed by atoms with van der Waals surface area (Å²) in [6, 6.07) is 70.9. The Morgan fingerprint density at radius 2 is 1.27 bits per heavy atom. The molecule has 350 valence electrons. The van der Waals surface area contributed by atoms with Crippen molar-refractivity contribution in [2.24, 2.45) is 20.8 Å². The van der Waals surface area contributed by atoms with E-state index in [0.29, 0.717) is 18.9 Å². The van der Waals surface area contributed by atoms with Gasteiger partial charge in [-0.15, -0.1) is 5.10 Å². The fraction of sp³-hybridized carbons (Fsp3) is 0.0635. The van der Waals surface area contributed by atoms with Gasteiger partial charge in [0.25, 0.3) is 0 Å². The maximum atomic E-state index is 5.98. The molecule has 0 fully saturated rings. The molecule has 0 radical (unpaired) electrons. The van der Waals surface area contributed by atoms with Gasteiger partial charge in [-0.05, 0) is 96.7 Å². The van der Waals surface area contributed by atoms with Gasteiger partial charge in [0.2, 0.25) is 0 Å². The number of nitrogens with two attached hydrogens (primary N) is 1. The van der Waals surface area contributed by atoms with Gasteiger partial charge in [-0.3, -0.25) is 9.89 Å². The van der Waals surface area contributed by atoms with Gasteiger partial charge in [0.1, 0.15) is 0 Å². The number of hydrogen-bond donors (Lipinski definition) is 2. The van der Waals surface area contributed by atoms with E-state index in [2.05, 4.69) is 190 Å². The van der Waals surface area contributed by atoms with Crippen LogP contribution < -0.4 is 15.6 Å². The van der Waals surface area contributed by atoms with Gasteiger partial charge >= 0.3 is 0 Å². The summed E-state index contributed by atoms with van der Waals surface area (Å²) in [6.07, 6.45) is 9.60. The molecule has 0 spiro atoms. The fourth-order valence-electron chi connectivity index (χ4n) is 8.75. The minimum atomic E-state index is 0.507. The number of para-hydroxylation sites is 3. The molecule has 2 N–H and O–H groups in total. The molecule has 9 aromatic rings. The first-order chi connectivity index (χ1) is 35.0. The maximum Gasteiger partial charge on any atom is 0.165 e. The highest BCUT2D eigenvalue weighted by Gasteiger charge is 2.32. The van der Waals surface area contributed by atoms with Crippen LogP contribution in [0, 0.1) is 0 Å². The van der Waals surface area contributed by atoms with E-state index >= 15 is 0 Å². The molecule has 0 aliphatic carbocycles. The Morgan fingerprint density at radius 1 is 0.648 bits per heavy atom. The highest BCUT2D eigenvalue weighted by molar-refractivity contribution is 7.79. The third-order valence-electron chi connectivity index (χ3n) is 12.0. The molecular weight excluding hydrogens is 887 g/mol. The quantitative estimate of drug-likeness (QED) is 0.0587. The molecule has 8 aromatic carbocycles. The fourth-order valence-corrected chi connectivity index (χ4v) is 8.75. The highest BCUT2D eigenvalue weighted by Crippen LogP contribution is 2.47. The molecule has 1 aliphatic heterocycles. The predicted molar refractivity (Wildman–Crippen MR) is 309 cm³/mol. The molecule has 0 saturated heterocycles. The Balaban J connectivity index is 0.000000299. The summed E-state index contributed by atoms with van der Waals surface area (Å²) in [4.78, 5) is 10.6. The number of aliphatic imine (C=N–C) groups is 2. The summed E-state index contributed by atoms with van der Waals surface area (Å²) < 4.78 is 2.37. The van der Waals surface area contributed by atoms with Gasteiger partial charge in [0, 0.05) is 51.1 Å². The number of nitrogens with zero attached hydrogens (tertiary/aromatic N) is 6. The summed E-state index contributed by atoms with van der Waals surface area (Å²) in [5.41, 5.74) is 20.3. The first-order valence-corrected chi connectivity index (χ1v) is 24.4. The van der Waals surface area contributed by atoms with Crippen molar-refractivity contribution in [2.75, 3.05) is 16.2 Å². The second-order valence-electron chi connectivity index (χ2n) is 16.4. The third kappa shape index (κ3) is 10.7. The molecule has 8 heteroatoms. The van der Waals surface area contributed by atoms with Gasteiger partial charge in [0.15, 0.2) is 11.7 Å². The number of allylic oxidation sites excluding steroid dienone is 3. The molecule has 1 aliphatic rings. The molecule has 0 unspecified atom stereocenters. The van der Waals surface area contributed by atoms with E-state index in [1.54, 1.807) is 12.3 Å². The van der Waals surface area contributed by atoms with Crippen molar-refractivity contribution in [1.29, 1.82) is 0 Å². The summed E-state index contributed by atoms with van der Waals surface area (Å²) in [5, 5.41) is 9.96. The number of benzene rings is 8. The minimum absolute atomic E-state index is 0.507. The van der Waals surface area contributed by atoms with Crippen LogP contribution in [0.4, 0.5) is 17.1 Å². The number of hydrogen-bond acceptors (Lipinski definition) is 6. The van der Waals surface area contributed by atoms with Crippen molar-refractivity contribution in [3.05, 3.63) is 272 Å². The van der Waals surface area contributed by atoms with Gasteiger partial charge in [-0.1, -0.05) is 189 Å². The van der Waals surface area contributed by atoms with E-state index in [9.17, 15) is 0 Å². The number of anilines is 3. The monoisotopic (exact) mass is 943 g/mol. The zero-order valence-corrected chi connectivity index (χ0v) is 41.1. The van der Waals surface area contributed by atoms with Crippen LogP contribution in [-0.4, -0.2) is 29.2 Å². The lowest BCUT2D eigenvalue weighted by molar-refractivity contribution is 1.06. The number of amidine groups is 2. The summed E-state index contributed by atoms with van der Waals surface area (Å²) in [5.74, 6) is 1.42. The Kier molecular flexibility index (Phi) is 16.3. The van der Waals surface area contributed by atoms with Crippen molar-refractivity contribution in [2.45, 2.75) is 20.0 Å². The van der Waals surface area contributed by atoms with E-state index in [1.165, 1.54) is 5.56 Å². The molecule has 71 heavy (non-hydrogen) atoms. The molecule has 0 bridgehead atoms. The second kappa shape index (κ2) is 23.6. The average Bonchev–Trinajstić information content (AvgIpc) is 3.71. The molecule has 1 aromatic heterocycles. The van der Waals surface area contributed by atoms with E-state index in [-0.39, 0.29) is 0 Å². The van der Waals surface area contributed by atoms with Crippen LogP contribution in [0.3, 0.4) is 0 Å². The highest BCUT2D eigenvalue weighted by atomic mass is 32.1. The van der Waals surface area contributed by atoms with Crippen LogP contribution in [0.25, 0.3) is 44.3 Å². The van der Waals surface area contributed by atoms with Gasteiger partial charge in [-0.25, -0.2) is 10.0 Å². The van der Waals surface area contributed by atoms with Crippen molar-refractivity contribution < 1.29 is 0 Å². The second-order valence-corrected chi connectivity index (χ2v) is 16.4. The van der Waals surface area contributed by atoms with Crippen LogP contribution >= 0.6 is 12.6 Å². The van der Waals surface area contributed by atoms with E-state index in [4.69, 9.17) is 17.4 Å². The number of hydrazone groups is 1. The van der Waals surface area contributed by atoms with Gasteiger partial charge in [0.05, 0.1) is 29.0 Å². The number of fused-ring (bicyclic) bond motifs is 5. The average molecular weight is 944 g/mol. The van der Waals surface area contributed by atoms with Gasteiger partial charge < -0.3 is 10.3 Å². The van der Waals surface area contributed by atoms with Crippen molar-refractivity contribution in [1.82, 2.24) is 4.57 Å². The maximum absolute atomic E-state index is 5.98. The summed E-state index contributed by atoms with van der Waals surface area (Å²) in [6.45, 7) is 15.6. The number of rotatable bonds is 11. The normalized spacial score (nSPS) is 12.6. The van der Waals surface area contributed by atoms with Gasteiger partial charge in [-0.2, -0.15) is 12.6 Å². The summed E-state index contributed by atoms with van der Waals surface area (Å²) in [7, 11) is 0. The Hall–Kier alpha value is -8.56. The Labute approximate surface area is 423 Å². The van der Waals surface area contributed by atoms with E-state index in [1.807, 2.05) is 91.9 Å².